The lowest BCUT2D eigenvalue weighted by Gasteiger charge is -2.51. The van der Waals surface area contributed by atoms with Crippen molar-refractivity contribution in [3.05, 3.63) is 53.1 Å². The topological polar surface area (TPSA) is 41.9 Å². The van der Waals surface area contributed by atoms with Crippen LogP contribution in [0.3, 0.4) is 0 Å². The minimum Gasteiger partial charge on any atom is -0.508 e. The number of nitrogens with zero attached hydrogens (tertiary/aromatic N) is 1. The third-order valence-electron chi connectivity index (χ3n) is 10.2. The second kappa shape index (κ2) is 10.7. The van der Waals surface area contributed by atoms with E-state index in [0.717, 1.165) is 68.3 Å². The summed E-state index contributed by atoms with van der Waals surface area (Å²) in [5.74, 6) is 5.17. The lowest BCUT2D eigenvalue weighted by atomic mass is 9.54. The van der Waals surface area contributed by atoms with E-state index in [1.54, 1.807) is 7.11 Å². The summed E-state index contributed by atoms with van der Waals surface area (Å²) in [7, 11) is 1.74. The summed E-state index contributed by atoms with van der Waals surface area (Å²) in [4.78, 5) is 2.41. The lowest BCUT2D eigenvalue weighted by Crippen LogP contribution is -2.42. The Balaban J connectivity index is 1.21. The van der Waals surface area contributed by atoms with Gasteiger partial charge in [-0.3, -0.25) is 4.90 Å². The van der Waals surface area contributed by atoms with Gasteiger partial charge >= 0.3 is 0 Å². The smallest absolute Gasteiger partial charge is 0.161 e. The van der Waals surface area contributed by atoms with E-state index in [1.165, 1.54) is 48.8 Å². The normalized spacial score (nSPS) is 28.9. The second-order valence-corrected chi connectivity index (χ2v) is 11.7. The number of methoxy groups -OCH3 is 1. The van der Waals surface area contributed by atoms with Gasteiger partial charge in [0.15, 0.2) is 11.5 Å². The van der Waals surface area contributed by atoms with Gasteiger partial charge in [-0.1, -0.05) is 32.9 Å². The predicted molar refractivity (Wildman–Crippen MR) is 146 cm³/mol. The standard InChI is InChI=1S/C32H45NO3/c1-5-33(6-2)21-22-7-14-30(31(19-22)35-4)36-18-16-24-9-13-29-28-11-8-23-20-25(34)10-12-26(23)27(28)15-17-32(24,29)3/h7,10,12,14,19-20,24,27-29,34H,5-6,8-9,11,13,15-18,21H2,1-4H3. The number of hydrogen-bond acceptors (Lipinski definition) is 4. The number of ether oxygens (including phenoxy) is 2. The highest BCUT2D eigenvalue weighted by atomic mass is 16.5. The number of phenolic OH excluding ortho intramolecular Hbond substituents is 1. The summed E-state index contributed by atoms with van der Waals surface area (Å²) in [5.41, 5.74) is 4.61. The average Bonchev–Trinajstić information content (AvgIpc) is 3.23. The molecule has 0 saturated heterocycles. The molecule has 196 valence electrons. The fraction of sp³-hybridized carbons (Fsp3) is 0.625. The average molecular weight is 492 g/mol. The Morgan fingerprint density at radius 3 is 2.61 bits per heavy atom. The Hall–Kier alpha value is -2.20. The molecule has 0 aromatic heterocycles. The molecular weight excluding hydrogens is 446 g/mol. The lowest BCUT2D eigenvalue weighted by molar-refractivity contribution is 0.0219. The van der Waals surface area contributed by atoms with Crippen LogP contribution in [-0.4, -0.2) is 36.8 Å². The fourth-order valence-corrected chi connectivity index (χ4v) is 8.10. The zero-order valence-corrected chi connectivity index (χ0v) is 22.8. The molecule has 0 spiro atoms. The van der Waals surface area contributed by atoms with Crippen LogP contribution in [0.4, 0.5) is 0 Å². The van der Waals surface area contributed by atoms with Gasteiger partial charge in [-0.25, -0.2) is 0 Å². The molecule has 4 heteroatoms. The highest BCUT2D eigenvalue weighted by molar-refractivity contribution is 5.43. The van der Waals surface area contributed by atoms with Crippen molar-refractivity contribution in [2.75, 3.05) is 26.8 Å². The van der Waals surface area contributed by atoms with Crippen LogP contribution >= 0.6 is 0 Å². The molecule has 2 aromatic carbocycles. The van der Waals surface area contributed by atoms with Gasteiger partial charge < -0.3 is 14.6 Å². The minimum absolute atomic E-state index is 0.420. The van der Waals surface area contributed by atoms with Gasteiger partial charge in [0.25, 0.3) is 0 Å². The van der Waals surface area contributed by atoms with Crippen LogP contribution in [0.2, 0.25) is 0 Å². The SMILES string of the molecule is CCN(CC)Cc1ccc(OCCC2CCC3C4CCc5cc(O)ccc5C4CCC23C)c(OC)c1. The number of aromatic hydroxyl groups is 1. The summed E-state index contributed by atoms with van der Waals surface area (Å²) in [6.45, 7) is 10.8. The minimum atomic E-state index is 0.420. The van der Waals surface area contributed by atoms with Crippen LogP contribution in [0, 0.1) is 23.2 Å². The molecule has 2 aromatic rings. The molecule has 0 aliphatic heterocycles. The zero-order chi connectivity index (χ0) is 25.3. The molecule has 5 unspecified atom stereocenters. The molecule has 5 atom stereocenters. The van der Waals surface area contributed by atoms with Gasteiger partial charge in [0.2, 0.25) is 0 Å². The van der Waals surface area contributed by atoms with Crippen molar-refractivity contribution in [2.24, 2.45) is 23.2 Å². The van der Waals surface area contributed by atoms with E-state index < -0.39 is 0 Å². The third-order valence-corrected chi connectivity index (χ3v) is 10.2. The number of benzene rings is 2. The van der Waals surface area contributed by atoms with E-state index in [9.17, 15) is 5.11 Å². The van der Waals surface area contributed by atoms with Crippen LogP contribution in [0.15, 0.2) is 36.4 Å². The second-order valence-electron chi connectivity index (χ2n) is 11.7. The quantitative estimate of drug-likeness (QED) is 0.403. The molecule has 5 rings (SSSR count). The van der Waals surface area contributed by atoms with Gasteiger partial charge in [0, 0.05) is 6.54 Å². The molecule has 3 aliphatic carbocycles. The van der Waals surface area contributed by atoms with Gasteiger partial charge in [0.05, 0.1) is 13.7 Å². The molecule has 2 saturated carbocycles. The van der Waals surface area contributed by atoms with E-state index in [2.05, 4.69) is 49.9 Å². The molecule has 1 N–H and O–H groups in total. The van der Waals surface area contributed by atoms with Gasteiger partial charge in [0.1, 0.15) is 5.75 Å². The Morgan fingerprint density at radius 2 is 1.83 bits per heavy atom. The molecule has 2 fully saturated rings. The Morgan fingerprint density at radius 1 is 1.00 bits per heavy atom. The number of rotatable bonds is 9. The molecule has 4 nitrogen and oxygen atoms in total. The molecule has 3 aliphatic rings. The maximum atomic E-state index is 9.96. The maximum absolute atomic E-state index is 9.96. The van der Waals surface area contributed by atoms with E-state index in [1.807, 2.05) is 12.1 Å². The first-order valence-electron chi connectivity index (χ1n) is 14.3. The van der Waals surface area contributed by atoms with Crippen molar-refractivity contribution >= 4 is 0 Å². The van der Waals surface area contributed by atoms with Gasteiger partial charge in [-0.15, -0.1) is 0 Å². The van der Waals surface area contributed by atoms with Crippen molar-refractivity contribution in [1.82, 2.24) is 4.90 Å². The summed E-state index contributed by atoms with van der Waals surface area (Å²) in [6.07, 6.45) is 8.81. The first kappa shape index (κ1) is 25.4. The van der Waals surface area contributed by atoms with Crippen molar-refractivity contribution < 1.29 is 14.6 Å². The van der Waals surface area contributed by atoms with Crippen LogP contribution in [-0.2, 0) is 13.0 Å². The molecule has 0 radical (unpaired) electrons. The fourth-order valence-electron chi connectivity index (χ4n) is 8.10. The largest absolute Gasteiger partial charge is 0.508 e. The number of aryl methyl sites for hydroxylation is 1. The van der Waals surface area contributed by atoms with Crippen LogP contribution in [0.25, 0.3) is 0 Å². The summed E-state index contributed by atoms with van der Waals surface area (Å²) >= 11 is 0. The Kier molecular flexibility index (Phi) is 7.53. The van der Waals surface area contributed by atoms with Crippen LogP contribution < -0.4 is 9.47 Å². The van der Waals surface area contributed by atoms with Gasteiger partial charge in [-0.05, 0) is 128 Å². The van der Waals surface area contributed by atoms with E-state index in [-0.39, 0.29) is 0 Å². The summed E-state index contributed by atoms with van der Waals surface area (Å²) in [6, 6.07) is 12.5. The van der Waals surface area contributed by atoms with E-state index >= 15 is 0 Å². The monoisotopic (exact) mass is 491 g/mol. The zero-order valence-electron chi connectivity index (χ0n) is 22.8. The highest BCUT2D eigenvalue weighted by Crippen LogP contribution is 2.63. The van der Waals surface area contributed by atoms with E-state index in [4.69, 9.17) is 9.47 Å². The number of phenols is 1. The van der Waals surface area contributed by atoms with Crippen molar-refractivity contribution in [1.29, 1.82) is 0 Å². The van der Waals surface area contributed by atoms with Crippen molar-refractivity contribution in [2.45, 2.75) is 78.2 Å². The first-order valence-corrected chi connectivity index (χ1v) is 14.3. The molecule has 0 bridgehead atoms. The first-order chi connectivity index (χ1) is 17.5. The maximum Gasteiger partial charge on any atom is 0.161 e. The van der Waals surface area contributed by atoms with Crippen LogP contribution in [0.5, 0.6) is 17.2 Å². The van der Waals surface area contributed by atoms with E-state index in [0.29, 0.717) is 17.1 Å². The van der Waals surface area contributed by atoms with Crippen molar-refractivity contribution in [3.8, 4) is 17.2 Å². The molecule has 0 amide bonds. The highest BCUT2D eigenvalue weighted by Gasteiger charge is 2.54. The molecular formula is C32H45NO3. The predicted octanol–water partition coefficient (Wildman–Crippen LogP) is 7.18. The molecule has 36 heavy (non-hydrogen) atoms. The summed E-state index contributed by atoms with van der Waals surface area (Å²) < 4.78 is 12.0. The third kappa shape index (κ3) is 4.74. The Bertz CT molecular complexity index is 1050. The number of hydrogen-bond donors (Lipinski definition) is 1. The Labute approximate surface area is 218 Å². The van der Waals surface area contributed by atoms with Gasteiger partial charge in [-0.2, -0.15) is 0 Å². The van der Waals surface area contributed by atoms with Crippen LogP contribution in [0.1, 0.15) is 81.9 Å². The molecule has 0 heterocycles. The summed E-state index contributed by atoms with van der Waals surface area (Å²) in [5, 5.41) is 9.96. The number of fused-ring (bicyclic) bond motifs is 5. The van der Waals surface area contributed by atoms with Crippen molar-refractivity contribution in [3.63, 3.8) is 0 Å².